The zero-order valence-electron chi connectivity index (χ0n) is 14.8. The maximum Gasteiger partial charge on any atom is 0.193 e. The number of rotatable bonds is 6. The van der Waals surface area contributed by atoms with Crippen LogP contribution in [0.1, 0.15) is 51.5 Å². The summed E-state index contributed by atoms with van der Waals surface area (Å²) in [6.45, 7) is 5.96. The van der Waals surface area contributed by atoms with Crippen molar-refractivity contribution in [2.45, 2.75) is 52.6 Å². The molecule has 0 spiro atoms. The van der Waals surface area contributed by atoms with Gasteiger partial charge >= 0.3 is 0 Å². The van der Waals surface area contributed by atoms with Gasteiger partial charge in [-0.3, -0.25) is 4.99 Å². The molecule has 1 saturated carbocycles. The summed E-state index contributed by atoms with van der Waals surface area (Å²) in [7, 11) is 1.70. The van der Waals surface area contributed by atoms with Gasteiger partial charge in [0.1, 0.15) is 0 Å². The first-order chi connectivity index (χ1) is 11.0. The molecular weight excluding hydrogens is 286 g/mol. The SMILES string of the molecule is COCc1ccccc1NC(N)=NCC(C)(C)C1CCCCC1. The van der Waals surface area contributed by atoms with E-state index in [1.54, 1.807) is 7.11 Å². The average Bonchev–Trinajstić information content (AvgIpc) is 2.56. The fourth-order valence-corrected chi connectivity index (χ4v) is 3.40. The van der Waals surface area contributed by atoms with Crippen LogP contribution in [0.3, 0.4) is 0 Å². The highest BCUT2D eigenvalue weighted by molar-refractivity contribution is 5.92. The Kier molecular flexibility index (Phi) is 6.46. The molecule has 1 aliphatic carbocycles. The summed E-state index contributed by atoms with van der Waals surface area (Å²) in [6.07, 6.45) is 6.75. The van der Waals surface area contributed by atoms with Crippen molar-refractivity contribution in [2.24, 2.45) is 22.1 Å². The number of anilines is 1. The minimum atomic E-state index is 0.207. The molecule has 1 aliphatic rings. The van der Waals surface area contributed by atoms with Crippen molar-refractivity contribution >= 4 is 11.6 Å². The van der Waals surface area contributed by atoms with Gasteiger partial charge in [0.25, 0.3) is 0 Å². The van der Waals surface area contributed by atoms with Crippen molar-refractivity contribution in [3.05, 3.63) is 29.8 Å². The van der Waals surface area contributed by atoms with Crippen molar-refractivity contribution in [1.82, 2.24) is 0 Å². The summed E-state index contributed by atoms with van der Waals surface area (Å²) in [5.41, 5.74) is 8.36. The molecule has 3 N–H and O–H groups in total. The van der Waals surface area contributed by atoms with E-state index in [0.717, 1.165) is 23.7 Å². The molecule has 0 saturated heterocycles. The minimum absolute atomic E-state index is 0.207. The third-order valence-electron chi connectivity index (χ3n) is 4.95. The summed E-state index contributed by atoms with van der Waals surface area (Å²) >= 11 is 0. The van der Waals surface area contributed by atoms with Crippen molar-refractivity contribution in [3.8, 4) is 0 Å². The van der Waals surface area contributed by atoms with E-state index in [2.05, 4.69) is 24.2 Å². The highest BCUT2D eigenvalue weighted by Gasteiger charge is 2.30. The zero-order chi connectivity index (χ0) is 16.7. The first kappa shape index (κ1) is 17.8. The van der Waals surface area contributed by atoms with E-state index >= 15 is 0 Å². The molecule has 0 aliphatic heterocycles. The van der Waals surface area contributed by atoms with Gasteiger partial charge in [0.2, 0.25) is 0 Å². The lowest BCUT2D eigenvalue weighted by Gasteiger charge is -2.36. The third-order valence-corrected chi connectivity index (χ3v) is 4.95. The number of hydrogen-bond acceptors (Lipinski definition) is 2. The van der Waals surface area contributed by atoms with E-state index in [4.69, 9.17) is 10.5 Å². The summed E-state index contributed by atoms with van der Waals surface area (Å²) in [5, 5.41) is 3.22. The second-order valence-electron chi connectivity index (χ2n) is 7.24. The molecule has 1 aromatic rings. The van der Waals surface area contributed by atoms with Crippen molar-refractivity contribution < 1.29 is 4.74 Å². The first-order valence-electron chi connectivity index (χ1n) is 8.67. The van der Waals surface area contributed by atoms with Gasteiger partial charge in [-0.2, -0.15) is 0 Å². The molecule has 0 atom stereocenters. The summed E-state index contributed by atoms with van der Waals surface area (Å²) in [6, 6.07) is 8.02. The Labute approximate surface area is 140 Å². The van der Waals surface area contributed by atoms with E-state index < -0.39 is 0 Å². The third kappa shape index (κ3) is 5.24. The second-order valence-corrected chi connectivity index (χ2v) is 7.24. The van der Waals surface area contributed by atoms with E-state index in [1.807, 2.05) is 24.3 Å². The number of benzene rings is 1. The Balaban J connectivity index is 1.97. The van der Waals surface area contributed by atoms with Gasteiger partial charge in [-0.25, -0.2) is 0 Å². The Morgan fingerprint density at radius 3 is 2.65 bits per heavy atom. The average molecular weight is 317 g/mol. The topological polar surface area (TPSA) is 59.6 Å². The van der Waals surface area contributed by atoms with E-state index in [-0.39, 0.29) is 5.41 Å². The molecule has 0 radical (unpaired) electrons. The minimum Gasteiger partial charge on any atom is -0.380 e. The van der Waals surface area contributed by atoms with E-state index in [1.165, 1.54) is 32.1 Å². The van der Waals surface area contributed by atoms with E-state index in [9.17, 15) is 0 Å². The zero-order valence-corrected chi connectivity index (χ0v) is 14.8. The Bertz CT molecular complexity index is 519. The molecule has 23 heavy (non-hydrogen) atoms. The molecule has 0 heterocycles. The molecule has 0 aromatic heterocycles. The van der Waals surface area contributed by atoms with Crippen LogP contribution in [-0.2, 0) is 11.3 Å². The molecule has 4 heteroatoms. The van der Waals surface area contributed by atoms with Gasteiger partial charge in [-0.05, 0) is 30.2 Å². The van der Waals surface area contributed by atoms with Gasteiger partial charge < -0.3 is 15.8 Å². The molecule has 0 unspecified atom stereocenters. The molecule has 1 aromatic carbocycles. The fourth-order valence-electron chi connectivity index (χ4n) is 3.40. The number of nitrogens with two attached hydrogens (primary N) is 1. The monoisotopic (exact) mass is 317 g/mol. The van der Waals surface area contributed by atoms with Gasteiger partial charge in [0, 0.05) is 24.9 Å². The lowest BCUT2D eigenvalue weighted by Crippen LogP contribution is -2.31. The molecule has 1 fully saturated rings. The highest BCUT2D eigenvalue weighted by Crippen LogP contribution is 2.38. The fraction of sp³-hybridized carbons (Fsp3) is 0.632. The predicted molar refractivity (Wildman–Crippen MR) is 97.6 cm³/mol. The molecular formula is C19H31N3O. The van der Waals surface area contributed by atoms with Crippen LogP contribution < -0.4 is 11.1 Å². The molecule has 128 valence electrons. The van der Waals surface area contributed by atoms with Gasteiger partial charge in [-0.1, -0.05) is 51.3 Å². The first-order valence-corrected chi connectivity index (χ1v) is 8.67. The van der Waals surface area contributed by atoms with Crippen molar-refractivity contribution in [3.63, 3.8) is 0 Å². The molecule has 0 bridgehead atoms. The van der Waals surface area contributed by atoms with Crippen LogP contribution >= 0.6 is 0 Å². The maximum atomic E-state index is 6.11. The smallest absolute Gasteiger partial charge is 0.193 e. The van der Waals surface area contributed by atoms with Crippen LogP contribution in [0.4, 0.5) is 5.69 Å². The van der Waals surface area contributed by atoms with Crippen LogP contribution in [0.2, 0.25) is 0 Å². The van der Waals surface area contributed by atoms with Gasteiger partial charge in [0.15, 0.2) is 5.96 Å². The normalized spacial score (nSPS) is 17.3. The summed E-state index contributed by atoms with van der Waals surface area (Å²) in [5.74, 6) is 1.24. The number of hydrogen-bond donors (Lipinski definition) is 2. The number of methoxy groups -OCH3 is 1. The quantitative estimate of drug-likeness (QED) is 0.611. The van der Waals surface area contributed by atoms with Crippen molar-refractivity contribution in [2.75, 3.05) is 19.0 Å². The Morgan fingerprint density at radius 1 is 1.26 bits per heavy atom. The van der Waals surface area contributed by atoms with Gasteiger partial charge in [-0.15, -0.1) is 0 Å². The van der Waals surface area contributed by atoms with E-state index in [0.29, 0.717) is 12.6 Å². The maximum absolute atomic E-state index is 6.11. The number of para-hydroxylation sites is 1. The predicted octanol–water partition coefficient (Wildman–Crippen LogP) is 4.17. The number of nitrogens with one attached hydrogen (secondary N) is 1. The van der Waals surface area contributed by atoms with Crippen LogP contribution in [0.15, 0.2) is 29.3 Å². The Morgan fingerprint density at radius 2 is 1.96 bits per heavy atom. The lowest BCUT2D eigenvalue weighted by atomic mass is 9.71. The number of aliphatic imine (C=N–C) groups is 1. The van der Waals surface area contributed by atoms with Crippen LogP contribution in [0, 0.1) is 11.3 Å². The summed E-state index contributed by atoms with van der Waals surface area (Å²) < 4.78 is 5.22. The second kappa shape index (κ2) is 8.34. The Hall–Kier alpha value is -1.55. The molecule has 2 rings (SSSR count). The standard InChI is InChI=1S/C19H31N3O/c1-19(2,16-10-5-4-6-11-16)14-21-18(20)22-17-12-8-7-9-15(17)13-23-3/h7-9,12,16H,4-6,10-11,13-14H2,1-3H3,(H3,20,21,22). The molecule has 4 nitrogen and oxygen atoms in total. The molecule has 0 amide bonds. The largest absolute Gasteiger partial charge is 0.380 e. The lowest BCUT2D eigenvalue weighted by molar-refractivity contribution is 0.167. The number of guanidine groups is 1. The van der Waals surface area contributed by atoms with Crippen molar-refractivity contribution in [1.29, 1.82) is 0 Å². The number of nitrogens with zero attached hydrogens (tertiary/aromatic N) is 1. The summed E-state index contributed by atoms with van der Waals surface area (Å²) in [4.78, 5) is 4.61. The van der Waals surface area contributed by atoms with Crippen LogP contribution in [0.5, 0.6) is 0 Å². The van der Waals surface area contributed by atoms with Crippen LogP contribution in [-0.4, -0.2) is 19.6 Å². The van der Waals surface area contributed by atoms with Crippen LogP contribution in [0.25, 0.3) is 0 Å². The highest BCUT2D eigenvalue weighted by atomic mass is 16.5. The number of ether oxygens (including phenoxy) is 1. The van der Waals surface area contributed by atoms with Gasteiger partial charge in [0.05, 0.1) is 6.61 Å².